The molecule has 0 saturated carbocycles. The number of aromatic nitrogens is 4. The van der Waals surface area contributed by atoms with Crippen molar-refractivity contribution in [2.24, 2.45) is 0 Å². The maximum Gasteiger partial charge on any atom is 0.417 e. The molecular weight excluding hydrogens is 450 g/mol. The molecule has 0 aliphatic rings. The van der Waals surface area contributed by atoms with Gasteiger partial charge in [-0.2, -0.15) is 23.5 Å². The summed E-state index contributed by atoms with van der Waals surface area (Å²) in [5, 5.41) is 13.7. The number of aryl methyl sites for hydroxylation is 1. The van der Waals surface area contributed by atoms with Crippen LogP contribution in [0.3, 0.4) is 0 Å². The average molecular weight is 467 g/mol. The maximum atomic E-state index is 13.9. The third kappa shape index (κ3) is 4.45. The van der Waals surface area contributed by atoms with Crippen molar-refractivity contribution >= 4 is 0 Å². The molecule has 0 saturated heterocycles. The molecule has 6 nitrogen and oxygen atoms in total. The monoisotopic (exact) mass is 467 g/mol. The first-order chi connectivity index (χ1) is 16.2. The van der Waals surface area contributed by atoms with Crippen molar-refractivity contribution in [2.45, 2.75) is 26.1 Å². The number of nitriles is 1. The summed E-state index contributed by atoms with van der Waals surface area (Å²) in [4.78, 5) is 17.4. The summed E-state index contributed by atoms with van der Waals surface area (Å²) in [6.07, 6.45) is -0.0410. The molecule has 0 atom stereocenters. The minimum absolute atomic E-state index is 0.150. The van der Waals surface area contributed by atoms with Crippen molar-refractivity contribution in [3.8, 4) is 23.1 Å². The van der Waals surface area contributed by atoms with Gasteiger partial charge in [-0.15, -0.1) is 0 Å². The van der Waals surface area contributed by atoms with Crippen LogP contribution in [0.2, 0.25) is 0 Å². The highest BCUT2D eigenvalue weighted by molar-refractivity contribution is 5.65. The van der Waals surface area contributed by atoms with Crippen molar-refractivity contribution in [1.29, 1.82) is 5.26 Å². The Bertz CT molecular complexity index is 1450. The van der Waals surface area contributed by atoms with Gasteiger partial charge in [0.1, 0.15) is 17.4 Å². The van der Waals surface area contributed by atoms with Gasteiger partial charge in [0.2, 0.25) is 0 Å². The highest BCUT2D eigenvalue weighted by Crippen LogP contribution is 2.36. The Labute approximate surface area is 191 Å². The Hall–Kier alpha value is -4.26. The van der Waals surface area contributed by atoms with Gasteiger partial charge in [-0.1, -0.05) is 6.07 Å². The van der Waals surface area contributed by atoms with Crippen molar-refractivity contribution in [3.05, 3.63) is 99.5 Å². The molecule has 3 aromatic heterocycles. The number of rotatable bonds is 5. The molecule has 0 spiro atoms. The number of nitrogens with zero attached hydrogens (tertiary/aromatic N) is 5. The molecule has 4 aromatic rings. The van der Waals surface area contributed by atoms with Gasteiger partial charge in [0.15, 0.2) is 5.82 Å². The average Bonchev–Trinajstić information content (AvgIpc) is 3.27. The largest absolute Gasteiger partial charge is 0.417 e. The maximum absolute atomic E-state index is 13.9. The van der Waals surface area contributed by atoms with Crippen LogP contribution < -0.4 is 5.56 Å². The van der Waals surface area contributed by atoms with E-state index in [9.17, 15) is 27.6 Å². The van der Waals surface area contributed by atoms with E-state index in [0.717, 1.165) is 28.3 Å². The van der Waals surface area contributed by atoms with E-state index in [1.54, 1.807) is 29.2 Å². The van der Waals surface area contributed by atoms with Crippen molar-refractivity contribution in [2.75, 3.05) is 0 Å². The number of hydrogen-bond acceptors (Lipinski definition) is 4. The Kier molecular flexibility index (Phi) is 6.03. The summed E-state index contributed by atoms with van der Waals surface area (Å²) in [7, 11) is 0. The minimum atomic E-state index is -4.88. The van der Waals surface area contributed by atoms with E-state index in [0.29, 0.717) is 12.1 Å². The van der Waals surface area contributed by atoms with Crippen LogP contribution >= 0.6 is 0 Å². The lowest BCUT2D eigenvalue weighted by Crippen LogP contribution is -2.24. The van der Waals surface area contributed by atoms with E-state index in [4.69, 9.17) is 0 Å². The SMILES string of the molecule is CCn1cc(Cc2cccn(-c3nc(-c4ccc(F)cc4)cc(C(F)(F)F)c3C#N)c2=O)cn1. The standard InChI is InChI=1S/C24H17F4N5O/c1-2-32-14-15(13-30-32)10-17-4-3-9-33(23(17)34)22-19(12-29)20(24(26,27)28)11-21(31-22)16-5-7-18(25)8-6-16/h3-9,11,13-14H,2,10H2,1H3. The van der Waals surface area contributed by atoms with Crippen LogP contribution in [-0.2, 0) is 19.1 Å². The highest BCUT2D eigenvalue weighted by Gasteiger charge is 2.36. The number of halogens is 4. The van der Waals surface area contributed by atoms with Gasteiger partial charge in [0.25, 0.3) is 5.56 Å². The second kappa shape index (κ2) is 8.94. The molecule has 3 heterocycles. The van der Waals surface area contributed by atoms with E-state index in [-0.39, 0.29) is 17.7 Å². The molecular formula is C24H17F4N5O. The van der Waals surface area contributed by atoms with Gasteiger partial charge in [0.05, 0.1) is 17.5 Å². The summed E-state index contributed by atoms with van der Waals surface area (Å²) in [6, 6.07) is 10.1. The molecule has 0 bridgehead atoms. The lowest BCUT2D eigenvalue weighted by atomic mass is 10.0. The molecule has 172 valence electrons. The number of benzene rings is 1. The first-order valence-electron chi connectivity index (χ1n) is 10.2. The predicted molar refractivity (Wildman–Crippen MR) is 116 cm³/mol. The van der Waals surface area contributed by atoms with Crippen LogP contribution in [0.4, 0.5) is 17.6 Å². The van der Waals surface area contributed by atoms with Crippen LogP contribution in [0.5, 0.6) is 0 Å². The first-order valence-corrected chi connectivity index (χ1v) is 10.2. The molecule has 0 aliphatic carbocycles. The zero-order valence-corrected chi connectivity index (χ0v) is 17.8. The zero-order valence-electron chi connectivity index (χ0n) is 17.8. The fourth-order valence-corrected chi connectivity index (χ4v) is 3.54. The van der Waals surface area contributed by atoms with Gasteiger partial charge < -0.3 is 0 Å². The topological polar surface area (TPSA) is 76.5 Å². The van der Waals surface area contributed by atoms with Crippen molar-refractivity contribution in [3.63, 3.8) is 0 Å². The molecule has 4 rings (SSSR count). The Balaban J connectivity index is 1.91. The van der Waals surface area contributed by atoms with Gasteiger partial charge in [-0.05, 0) is 48.9 Å². The van der Waals surface area contributed by atoms with Crippen LogP contribution in [-0.4, -0.2) is 19.3 Å². The van der Waals surface area contributed by atoms with Crippen LogP contribution in [0.25, 0.3) is 17.1 Å². The Morgan fingerprint density at radius 2 is 1.88 bits per heavy atom. The molecule has 0 fully saturated rings. The lowest BCUT2D eigenvalue weighted by molar-refractivity contribution is -0.137. The molecule has 34 heavy (non-hydrogen) atoms. The molecule has 0 N–H and O–H groups in total. The summed E-state index contributed by atoms with van der Waals surface area (Å²) >= 11 is 0. The number of alkyl halides is 3. The summed E-state index contributed by atoms with van der Waals surface area (Å²) in [6.45, 7) is 2.55. The first kappa shape index (κ1) is 22.9. The highest BCUT2D eigenvalue weighted by atomic mass is 19.4. The van der Waals surface area contributed by atoms with E-state index < -0.39 is 34.5 Å². The summed E-state index contributed by atoms with van der Waals surface area (Å²) < 4.78 is 57.5. The van der Waals surface area contributed by atoms with Gasteiger partial charge in [0, 0.05) is 36.5 Å². The summed E-state index contributed by atoms with van der Waals surface area (Å²) in [5.74, 6) is -1.02. The van der Waals surface area contributed by atoms with E-state index in [2.05, 4.69) is 10.1 Å². The molecule has 0 unspecified atom stereocenters. The Morgan fingerprint density at radius 1 is 1.15 bits per heavy atom. The second-order valence-corrected chi connectivity index (χ2v) is 7.46. The smallest absolute Gasteiger partial charge is 0.273 e. The zero-order chi connectivity index (χ0) is 24.5. The third-order valence-corrected chi connectivity index (χ3v) is 5.22. The van der Waals surface area contributed by atoms with Crippen LogP contribution in [0.15, 0.2) is 65.8 Å². The molecule has 1 aromatic carbocycles. The van der Waals surface area contributed by atoms with E-state index >= 15 is 0 Å². The van der Waals surface area contributed by atoms with E-state index in [1.165, 1.54) is 24.4 Å². The summed E-state index contributed by atoms with van der Waals surface area (Å²) in [5.41, 5.74) is -1.53. The van der Waals surface area contributed by atoms with Crippen molar-refractivity contribution < 1.29 is 17.6 Å². The predicted octanol–water partition coefficient (Wildman–Crippen LogP) is 4.74. The normalized spacial score (nSPS) is 11.4. The third-order valence-electron chi connectivity index (χ3n) is 5.22. The fourth-order valence-electron chi connectivity index (χ4n) is 3.54. The molecule has 0 amide bonds. The van der Waals surface area contributed by atoms with Crippen LogP contribution in [0, 0.1) is 17.1 Å². The Morgan fingerprint density at radius 3 is 2.50 bits per heavy atom. The molecule has 0 aliphatic heterocycles. The van der Waals surface area contributed by atoms with Gasteiger partial charge in [-0.3, -0.25) is 14.0 Å². The van der Waals surface area contributed by atoms with Gasteiger partial charge in [-0.25, -0.2) is 9.37 Å². The quantitative estimate of drug-likeness (QED) is 0.398. The fraction of sp³-hybridized carbons (Fsp3) is 0.167. The number of hydrogen-bond donors (Lipinski definition) is 0. The minimum Gasteiger partial charge on any atom is -0.273 e. The molecule has 0 radical (unpaired) electrons. The second-order valence-electron chi connectivity index (χ2n) is 7.46. The number of pyridine rings is 2. The van der Waals surface area contributed by atoms with Crippen LogP contribution in [0.1, 0.15) is 29.2 Å². The van der Waals surface area contributed by atoms with Gasteiger partial charge >= 0.3 is 6.18 Å². The van der Waals surface area contributed by atoms with E-state index in [1.807, 2.05) is 6.92 Å². The van der Waals surface area contributed by atoms with Crippen molar-refractivity contribution in [1.82, 2.24) is 19.3 Å². The lowest BCUT2D eigenvalue weighted by Gasteiger charge is -2.16. The molecule has 10 heteroatoms.